The molecule has 0 bridgehead atoms. The molecule has 1 saturated carbocycles. The zero-order valence-electron chi connectivity index (χ0n) is 9.60. The molecule has 1 aliphatic rings. The standard InChI is InChI=1S/C13H17NO3/c14-11(4-5-12(15)16)9-2-1-3-10(8-9)13(17)6-7-13/h1-3,8,11,17H,4-7,14H2,(H,15,16). The Morgan fingerprint density at radius 1 is 1.47 bits per heavy atom. The fourth-order valence-electron chi connectivity index (χ4n) is 1.91. The number of nitrogens with two attached hydrogens (primary N) is 1. The Bertz CT molecular complexity index is 426. The van der Waals surface area contributed by atoms with Crippen LogP contribution in [0.2, 0.25) is 0 Å². The van der Waals surface area contributed by atoms with Gasteiger partial charge in [0, 0.05) is 12.5 Å². The molecule has 1 unspecified atom stereocenters. The van der Waals surface area contributed by atoms with E-state index >= 15 is 0 Å². The highest BCUT2D eigenvalue weighted by atomic mass is 16.4. The number of carboxylic acid groups (broad SMARTS) is 1. The van der Waals surface area contributed by atoms with Crippen molar-refractivity contribution in [2.45, 2.75) is 37.3 Å². The first-order valence-electron chi connectivity index (χ1n) is 5.81. The quantitative estimate of drug-likeness (QED) is 0.722. The molecule has 0 spiro atoms. The van der Waals surface area contributed by atoms with Gasteiger partial charge in [0.1, 0.15) is 0 Å². The second-order valence-corrected chi connectivity index (χ2v) is 4.70. The van der Waals surface area contributed by atoms with Crippen LogP contribution in [0.4, 0.5) is 0 Å². The summed E-state index contributed by atoms with van der Waals surface area (Å²) in [5.74, 6) is -0.836. The lowest BCUT2D eigenvalue weighted by Crippen LogP contribution is -2.13. The maximum absolute atomic E-state index is 10.5. The molecule has 0 heterocycles. The van der Waals surface area contributed by atoms with E-state index in [1.54, 1.807) is 0 Å². The van der Waals surface area contributed by atoms with E-state index < -0.39 is 11.6 Å². The summed E-state index contributed by atoms with van der Waals surface area (Å²) < 4.78 is 0. The number of benzene rings is 1. The van der Waals surface area contributed by atoms with Crippen LogP contribution in [0, 0.1) is 0 Å². The lowest BCUT2D eigenvalue weighted by Gasteiger charge is -2.14. The van der Waals surface area contributed by atoms with Gasteiger partial charge in [0.05, 0.1) is 5.60 Å². The zero-order valence-corrected chi connectivity index (χ0v) is 9.60. The molecule has 4 nitrogen and oxygen atoms in total. The second kappa shape index (κ2) is 4.47. The molecule has 0 aromatic heterocycles. The minimum Gasteiger partial charge on any atom is -0.481 e. The van der Waals surface area contributed by atoms with Crippen LogP contribution < -0.4 is 5.73 Å². The summed E-state index contributed by atoms with van der Waals surface area (Å²) in [6, 6.07) is 7.23. The minimum absolute atomic E-state index is 0.0651. The molecule has 17 heavy (non-hydrogen) atoms. The highest BCUT2D eigenvalue weighted by Gasteiger charge is 2.42. The normalized spacial score (nSPS) is 18.7. The van der Waals surface area contributed by atoms with Gasteiger partial charge in [0.15, 0.2) is 0 Å². The molecule has 4 heteroatoms. The first-order valence-corrected chi connectivity index (χ1v) is 5.81. The van der Waals surface area contributed by atoms with Crippen LogP contribution in [0.25, 0.3) is 0 Å². The average Bonchev–Trinajstić information content (AvgIpc) is 3.06. The van der Waals surface area contributed by atoms with Crippen LogP contribution in [-0.4, -0.2) is 16.2 Å². The van der Waals surface area contributed by atoms with E-state index in [1.807, 2.05) is 24.3 Å². The summed E-state index contributed by atoms with van der Waals surface area (Å²) in [4.78, 5) is 10.5. The predicted octanol–water partition coefficient (Wildman–Crippen LogP) is 1.53. The fourth-order valence-corrected chi connectivity index (χ4v) is 1.91. The summed E-state index contributed by atoms with van der Waals surface area (Å²) in [7, 11) is 0. The van der Waals surface area contributed by atoms with Crippen molar-refractivity contribution >= 4 is 5.97 Å². The van der Waals surface area contributed by atoms with E-state index in [1.165, 1.54) is 0 Å². The summed E-state index contributed by atoms with van der Waals surface area (Å²) in [5, 5.41) is 18.6. The van der Waals surface area contributed by atoms with Crippen molar-refractivity contribution < 1.29 is 15.0 Å². The van der Waals surface area contributed by atoms with Crippen LogP contribution >= 0.6 is 0 Å². The Morgan fingerprint density at radius 2 is 2.18 bits per heavy atom. The van der Waals surface area contributed by atoms with Gasteiger partial charge in [-0.3, -0.25) is 4.79 Å². The third kappa shape index (κ3) is 2.84. The van der Waals surface area contributed by atoms with E-state index in [0.29, 0.717) is 6.42 Å². The molecule has 1 aromatic rings. The molecule has 2 rings (SSSR count). The van der Waals surface area contributed by atoms with Crippen LogP contribution in [0.1, 0.15) is 42.9 Å². The van der Waals surface area contributed by atoms with Gasteiger partial charge < -0.3 is 15.9 Å². The molecule has 1 fully saturated rings. The summed E-state index contributed by atoms with van der Waals surface area (Å²) in [5.41, 5.74) is 7.05. The summed E-state index contributed by atoms with van der Waals surface area (Å²) in [6.45, 7) is 0. The van der Waals surface area contributed by atoms with E-state index in [4.69, 9.17) is 10.8 Å². The third-order valence-electron chi connectivity index (χ3n) is 3.24. The Balaban J connectivity index is 2.07. The largest absolute Gasteiger partial charge is 0.481 e. The van der Waals surface area contributed by atoms with Crippen molar-refractivity contribution in [3.8, 4) is 0 Å². The van der Waals surface area contributed by atoms with Crippen molar-refractivity contribution in [2.75, 3.05) is 0 Å². The maximum Gasteiger partial charge on any atom is 0.303 e. The molecule has 92 valence electrons. The number of carbonyl (C=O) groups is 1. The average molecular weight is 235 g/mol. The molecule has 4 N–H and O–H groups in total. The molecule has 0 aliphatic heterocycles. The Labute approximate surface area is 100 Å². The predicted molar refractivity (Wildman–Crippen MR) is 63.4 cm³/mol. The van der Waals surface area contributed by atoms with Gasteiger partial charge in [0.25, 0.3) is 0 Å². The first kappa shape index (κ1) is 12.1. The van der Waals surface area contributed by atoms with Crippen LogP contribution in [0.15, 0.2) is 24.3 Å². The van der Waals surface area contributed by atoms with Gasteiger partial charge in [0.2, 0.25) is 0 Å². The van der Waals surface area contributed by atoms with E-state index in [2.05, 4.69) is 0 Å². The van der Waals surface area contributed by atoms with Gasteiger partial charge in [-0.2, -0.15) is 0 Å². The highest BCUT2D eigenvalue weighted by molar-refractivity contribution is 5.66. The SMILES string of the molecule is NC(CCC(=O)O)c1cccc(C2(O)CC2)c1. The van der Waals surface area contributed by atoms with Gasteiger partial charge >= 0.3 is 5.97 Å². The Hall–Kier alpha value is -1.39. The van der Waals surface area contributed by atoms with Gasteiger partial charge in [-0.1, -0.05) is 24.3 Å². The van der Waals surface area contributed by atoms with E-state index in [9.17, 15) is 9.90 Å². The monoisotopic (exact) mass is 235 g/mol. The van der Waals surface area contributed by atoms with E-state index in [-0.39, 0.29) is 12.5 Å². The van der Waals surface area contributed by atoms with Crippen molar-refractivity contribution in [2.24, 2.45) is 5.73 Å². The van der Waals surface area contributed by atoms with Gasteiger partial charge in [-0.15, -0.1) is 0 Å². The van der Waals surface area contributed by atoms with Crippen LogP contribution in [-0.2, 0) is 10.4 Å². The van der Waals surface area contributed by atoms with Crippen molar-refractivity contribution in [3.05, 3.63) is 35.4 Å². The lowest BCUT2D eigenvalue weighted by atomic mass is 9.98. The summed E-state index contributed by atoms with van der Waals surface area (Å²) >= 11 is 0. The number of rotatable bonds is 5. The van der Waals surface area contributed by atoms with Crippen molar-refractivity contribution in [3.63, 3.8) is 0 Å². The number of hydrogen-bond acceptors (Lipinski definition) is 3. The number of hydrogen-bond donors (Lipinski definition) is 3. The van der Waals surface area contributed by atoms with E-state index in [0.717, 1.165) is 24.0 Å². The van der Waals surface area contributed by atoms with Crippen LogP contribution in [0.3, 0.4) is 0 Å². The molecule has 1 aliphatic carbocycles. The molecule has 1 aromatic carbocycles. The zero-order chi connectivity index (χ0) is 12.5. The van der Waals surface area contributed by atoms with Crippen molar-refractivity contribution in [1.29, 1.82) is 0 Å². The topological polar surface area (TPSA) is 83.6 Å². The van der Waals surface area contributed by atoms with Crippen LogP contribution in [0.5, 0.6) is 0 Å². The molecule has 1 atom stereocenters. The third-order valence-corrected chi connectivity index (χ3v) is 3.24. The summed E-state index contributed by atoms with van der Waals surface area (Å²) in [6.07, 6.45) is 2.06. The maximum atomic E-state index is 10.5. The molecular formula is C13H17NO3. The number of aliphatic hydroxyl groups is 1. The Kier molecular flexibility index (Phi) is 3.17. The lowest BCUT2D eigenvalue weighted by molar-refractivity contribution is -0.137. The molecular weight excluding hydrogens is 218 g/mol. The first-order chi connectivity index (χ1) is 8.01. The molecule has 0 radical (unpaired) electrons. The fraction of sp³-hybridized carbons (Fsp3) is 0.462. The van der Waals surface area contributed by atoms with Gasteiger partial charge in [-0.25, -0.2) is 0 Å². The second-order valence-electron chi connectivity index (χ2n) is 4.70. The van der Waals surface area contributed by atoms with Crippen molar-refractivity contribution in [1.82, 2.24) is 0 Å². The molecule has 0 saturated heterocycles. The minimum atomic E-state index is -0.836. The number of carboxylic acids is 1. The Morgan fingerprint density at radius 3 is 2.76 bits per heavy atom. The highest BCUT2D eigenvalue weighted by Crippen LogP contribution is 2.45. The molecule has 0 amide bonds. The smallest absolute Gasteiger partial charge is 0.303 e. The number of aliphatic carboxylic acids is 1. The van der Waals surface area contributed by atoms with Gasteiger partial charge in [-0.05, 0) is 30.4 Å².